The molecular weight excluding hydrogens is 192 g/mol. The monoisotopic (exact) mass is 204 g/mol. The van der Waals surface area contributed by atoms with Crippen molar-refractivity contribution in [1.29, 1.82) is 0 Å². The van der Waals surface area contributed by atoms with Crippen molar-refractivity contribution >= 4 is 11.6 Å². The van der Waals surface area contributed by atoms with Gasteiger partial charge >= 0.3 is 0 Å². The van der Waals surface area contributed by atoms with Crippen LogP contribution in [0.5, 0.6) is 0 Å². The minimum Gasteiger partial charge on any atom is -0.469 e. The number of carbonyl (C=O) groups is 2. The largest absolute Gasteiger partial charge is 0.469 e. The molecule has 0 saturated heterocycles. The van der Waals surface area contributed by atoms with Crippen molar-refractivity contribution < 1.29 is 14.0 Å². The number of ketones is 2. The van der Waals surface area contributed by atoms with Gasteiger partial charge in [0.05, 0.1) is 12.2 Å². The van der Waals surface area contributed by atoms with E-state index in [-0.39, 0.29) is 29.3 Å². The molecule has 3 atom stereocenters. The first-order chi connectivity index (χ1) is 7.27. The van der Waals surface area contributed by atoms with Gasteiger partial charge in [0.2, 0.25) is 0 Å². The summed E-state index contributed by atoms with van der Waals surface area (Å²) >= 11 is 0. The summed E-state index contributed by atoms with van der Waals surface area (Å²) in [6, 6.07) is 3.68. The molecular formula is C12H12O3. The highest BCUT2D eigenvalue weighted by Crippen LogP contribution is 2.45. The maximum atomic E-state index is 11.8. The van der Waals surface area contributed by atoms with E-state index in [1.165, 1.54) is 0 Å². The van der Waals surface area contributed by atoms with Crippen LogP contribution < -0.4 is 0 Å². The predicted octanol–water partition coefficient (Wildman–Crippen LogP) is 1.93. The molecule has 1 heterocycles. The second kappa shape index (κ2) is 3.05. The minimum atomic E-state index is -0.291. The second-order valence-electron chi connectivity index (χ2n) is 4.43. The smallest absolute Gasteiger partial charge is 0.147 e. The molecule has 0 unspecified atom stereocenters. The molecule has 0 N–H and O–H groups in total. The van der Waals surface area contributed by atoms with Gasteiger partial charge in [-0.1, -0.05) is 0 Å². The van der Waals surface area contributed by atoms with E-state index in [2.05, 4.69) is 0 Å². The molecule has 3 rings (SSSR count). The number of fused-ring (bicyclic) bond motifs is 2. The second-order valence-corrected chi connectivity index (χ2v) is 4.43. The van der Waals surface area contributed by atoms with Crippen molar-refractivity contribution in [2.45, 2.75) is 25.2 Å². The number of rotatable bonds is 1. The quantitative estimate of drug-likeness (QED) is 0.657. The maximum Gasteiger partial charge on any atom is 0.147 e. The van der Waals surface area contributed by atoms with Gasteiger partial charge in [0.15, 0.2) is 0 Å². The molecule has 1 aromatic rings. The fourth-order valence-corrected chi connectivity index (χ4v) is 2.91. The summed E-state index contributed by atoms with van der Waals surface area (Å²) in [5.41, 5.74) is 0. The Morgan fingerprint density at radius 2 is 2.07 bits per heavy atom. The topological polar surface area (TPSA) is 47.3 Å². The van der Waals surface area contributed by atoms with Crippen LogP contribution in [0.25, 0.3) is 0 Å². The molecule has 3 heteroatoms. The maximum absolute atomic E-state index is 11.8. The average Bonchev–Trinajstić information content (AvgIpc) is 2.80. The lowest BCUT2D eigenvalue weighted by molar-refractivity contribution is -0.136. The molecule has 15 heavy (non-hydrogen) atoms. The molecule has 2 aliphatic rings. The molecule has 0 spiro atoms. The Balaban J connectivity index is 1.98. The van der Waals surface area contributed by atoms with Gasteiger partial charge in [-0.25, -0.2) is 0 Å². The summed E-state index contributed by atoms with van der Waals surface area (Å²) in [7, 11) is 0. The van der Waals surface area contributed by atoms with Crippen LogP contribution in [0.15, 0.2) is 22.8 Å². The number of carbonyl (C=O) groups excluding carboxylic acids is 2. The molecule has 0 amide bonds. The summed E-state index contributed by atoms with van der Waals surface area (Å²) in [6.07, 6.45) is 3.68. The molecule has 0 radical (unpaired) electrons. The molecule has 1 aromatic heterocycles. The summed E-state index contributed by atoms with van der Waals surface area (Å²) in [6.45, 7) is 0. The Morgan fingerprint density at radius 1 is 1.20 bits per heavy atom. The lowest BCUT2D eigenvalue weighted by atomic mass is 9.77. The summed E-state index contributed by atoms with van der Waals surface area (Å²) < 4.78 is 5.32. The van der Waals surface area contributed by atoms with Gasteiger partial charge in [-0.15, -0.1) is 0 Å². The summed E-state index contributed by atoms with van der Waals surface area (Å²) in [5, 5.41) is 0. The molecule has 2 saturated carbocycles. The van der Waals surface area contributed by atoms with Crippen LogP contribution in [-0.2, 0) is 9.59 Å². The van der Waals surface area contributed by atoms with Crippen LogP contribution >= 0.6 is 0 Å². The summed E-state index contributed by atoms with van der Waals surface area (Å²) in [4.78, 5) is 23.5. The predicted molar refractivity (Wildman–Crippen MR) is 52.3 cm³/mol. The SMILES string of the molecule is O=C1C[C@H](c2ccco2)[C@@H]2CC[C@H]1C2=O. The van der Waals surface area contributed by atoms with Gasteiger partial charge in [-0.2, -0.15) is 0 Å². The lowest BCUT2D eigenvalue weighted by Crippen LogP contribution is -2.33. The van der Waals surface area contributed by atoms with E-state index in [9.17, 15) is 9.59 Å². The average molecular weight is 204 g/mol. The van der Waals surface area contributed by atoms with E-state index in [0.717, 1.165) is 18.6 Å². The van der Waals surface area contributed by atoms with E-state index < -0.39 is 0 Å². The Hall–Kier alpha value is -1.38. The molecule has 0 aromatic carbocycles. The number of hydrogen-bond acceptors (Lipinski definition) is 3. The molecule has 0 aliphatic heterocycles. The first-order valence-electron chi connectivity index (χ1n) is 5.37. The van der Waals surface area contributed by atoms with Crippen molar-refractivity contribution in [3.05, 3.63) is 24.2 Å². The molecule has 2 bridgehead atoms. The first kappa shape index (κ1) is 8.89. The van der Waals surface area contributed by atoms with Gasteiger partial charge in [-0.3, -0.25) is 9.59 Å². The highest BCUT2D eigenvalue weighted by atomic mass is 16.3. The van der Waals surface area contributed by atoms with E-state index in [0.29, 0.717) is 6.42 Å². The van der Waals surface area contributed by atoms with Crippen molar-refractivity contribution in [3.8, 4) is 0 Å². The number of hydrogen-bond donors (Lipinski definition) is 0. The number of Topliss-reactive ketones (excluding diaryl/α,β-unsaturated/α-hetero) is 2. The Morgan fingerprint density at radius 3 is 2.80 bits per heavy atom. The Kier molecular flexibility index (Phi) is 1.81. The molecule has 2 fully saturated rings. The van der Waals surface area contributed by atoms with Crippen LogP contribution in [0.1, 0.15) is 30.9 Å². The van der Waals surface area contributed by atoms with Crippen LogP contribution in [0, 0.1) is 11.8 Å². The van der Waals surface area contributed by atoms with Gasteiger partial charge in [0.1, 0.15) is 17.3 Å². The van der Waals surface area contributed by atoms with E-state index in [4.69, 9.17) is 4.42 Å². The van der Waals surface area contributed by atoms with E-state index in [1.54, 1.807) is 6.26 Å². The van der Waals surface area contributed by atoms with Gasteiger partial charge in [0.25, 0.3) is 0 Å². The summed E-state index contributed by atoms with van der Waals surface area (Å²) in [5.74, 6) is 0.781. The van der Waals surface area contributed by atoms with E-state index in [1.807, 2.05) is 12.1 Å². The van der Waals surface area contributed by atoms with Crippen molar-refractivity contribution in [2.24, 2.45) is 11.8 Å². The van der Waals surface area contributed by atoms with Crippen LogP contribution in [0.3, 0.4) is 0 Å². The zero-order valence-corrected chi connectivity index (χ0v) is 8.31. The van der Waals surface area contributed by atoms with Gasteiger partial charge in [0, 0.05) is 18.3 Å². The van der Waals surface area contributed by atoms with Gasteiger partial charge in [-0.05, 0) is 25.0 Å². The minimum absolute atomic E-state index is 0.00116. The van der Waals surface area contributed by atoms with Crippen molar-refractivity contribution in [2.75, 3.05) is 0 Å². The Labute approximate surface area is 87.5 Å². The van der Waals surface area contributed by atoms with Crippen LogP contribution in [0.2, 0.25) is 0 Å². The third kappa shape index (κ3) is 1.19. The standard InChI is InChI=1S/C12H12O3/c13-10-6-9(11-2-1-5-15-11)7-3-4-8(10)12(7)14/h1-2,5,7-9H,3-4,6H2/t7-,8+,9-/m0/s1. The van der Waals surface area contributed by atoms with Crippen molar-refractivity contribution in [3.63, 3.8) is 0 Å². The fourth-order valence-electron chi connectivity index (χ4n) is 2.91. The van der Waals surface area contributed by atoms with Gasteiger partial charge < -0.3 is 4.42 Å². The molecule has 78 valence electrons. The zero-order chi connectivity index (χ0) is 10.4. The van der Waals surface area contributed by atoms with Crippen LogP contribution in [0.4, 0.5) is 0 Å². The molecule has 2 aliphatic carbocycles. The highest BCUT2D eigenvalue weighted by Gasteiger charge is 2.49. The van der Waals surface area contributed by atoms with Crippen molar-refractivity contribution in [1.82, 2.24) is 0 Å². The third-order valence-electron chi connectivity index (χ3n) is 3.68. The van der Waals surface area contributed by atoms with Crippen LogP contribution in [-0.4, -0.2) is 11.6 Å². The zero-order valence-electron chi connectivity index (χ0n) is 8.31. The molecule has 3 nitrogen and oxygen atoms in total. The number of furan rings is 1. The Bertz CT molecular complexity index is 405. The third-order valence-corrected chi connectivity index (χ3v) is 3.68. The first-order valence-corrected chi connectivity index (χ1v) is 5.37. The normalized spacial score (nSPS) is 34.8. The lowest BCUT2D eigenvalue weighted by Gasteiger charge is -2.24. The highest BCUT2D eigenvalue weighted by molar-refractivity contribution is 6.07. The fraction of sp³-hybridized carbons (Fsp3) is 0.500. The van der Waals surface area contributed by atoms with E-state index >= 15 is 0 Å².